The molecule has 1 atom stereocenters. The molecule has 4 N–H and O–H groups in total. The lowest BCUT2D eigenvalue weighted by Crippen LogP contribution is -2.43. The molecule has 0 bridgehead atoms. The number of nitrogens with zero attached hydrogens (tertiary/aromatic N) is 1. The van der Waals surface area contributed by atoms with Gasteiger partial charge in [-0.25, -0.2) is 4.39 Å². The summed E-state index contributed by atoms with van der Waals surface area (Å²) in [6.07, 6.45) is 1.26. The predicted octanol–water partition coefficient (Wildman–Crippen LogP) is 0.226. The third-order valence-corrected chi connectivity index (χ3v) is 3.38. The second-order valence-electron chi connectivity index (χ2n) is 4.76. The van der Waals surface area contributed by atoms with Crippen LogP contribution in [0.5, 0.6) is 0 Å². The molecule has 0 saturated carbocycles. The summed E-state index contributed by atoms with van der Waals surface area (Å²) in [5.41, 5.74) is 10.9. The first kappa shape index (κ1) is 15.0. The predicted molar refractivity (Wildman–Crippen MR) is 75.6 cm³/mol. The molecule has 21 heavy (non-hydrogen) atoms. The van der Waals surface area contributed by atoms with Gasteiger partial charge in [-0.15, -0.1) is 0 Å². The maximum absolute atomic E-state index is 13.9. The van der Waals surface area contributed by atoms with E-state index in [1.165, 1.54) is 17.0 Å². The Balaban J connectivity index is 2.24. The lowest BCUT2D eigenvalue weighted by atomic mass is 10.1. The van der Waals surface area contributed by atoms with E-state index in [1.54, 1.807) is 0 Å². The van der Waals surface area contributed by atoms with Gasteiger partial charge in [0.15, 0.2) is 0 Å². The topological polar surface area (TPSA) is 89.4 Å². The molecule has 0 aromatic heterocycles. The molecule has 0 aliphatic carbocycles. The Kier molecular flexibility index (Phi) is 4.55. The van der Waals surface area contributed by atoms with Crippen molar-refractivity contribution in [1.29, 1.82) is 0 Å². The maximum Gasteiger partial charge on any atom is 0.254 e. The number of likely N-dealkylation sites (tertiary alicyclic amines) is 1. The number of rotatable bonds is 2. The van der Waals surface area contributed by atoms with Crippen LogP contribution in [0.4, 0.5) is 4.39 Å². The van der Waals surface area contributed by atoms with Crippen LogP contribution in [0.15, 0.2) is 18.2 Å². The minimum Gasteiger partial charge on any atom is -0.368 e. The molecule has 1 aliphatic heterocycles. The average Bonchev–Trinajstić information content (AvgIpc) is 2.94. The van der Waals surface area contributed by atoms with Crippen LogP contribution >= 0.6 is 0 Å². The van der Waals surface area contributed by atoms with Gasteiger partial charge in [0.25, 0.3) is 5.91 Å². The van der Waals surface area contributed by atoms with E-state index in [4.69, 9.17) is 11.5 Å². The molecule has 1 aromatic carbocycles. The number of amides is 2. The first-order valence-electron chi connectivity index (χ1n) is 6.63. The maximum atomic E-state index is 13.9. The molecule has 0 spiro atoms. The van der Waals surface area contributed by atoms with E-state index in [9.17, 15) is 14.0 Å². The van der Waals surface area contributed by atoms with Gasteiger partial charge >= 0.3 is 0 Å². The molecule has 110 valence electrons. The van der Waals surface area contributed by atoms with Gasteiger partial charge < -0.3 is 16.4 Å². The summed E-state index contributed by atoms with van der Waals surface area (Å²) in [6.45, 7) is 0.580. The second-order valence-corrected chi connectivity index (χ2v) is 4.76. The summed E-state index contributed by atoms with van der Waals surface area (Å²) in [4.78, 5) is 25.0. The summed E-state index contributed by atoms with van der Waals surface area (Å²) < 4.78 is 13.9. The van der Waals surface area contributed by atoms with Crippen molar-refractivity contribution < 1.29 is 14.0 Å². The van der Waals surface area contributed by atoms with Crippen molar-refractivity contribution in [1.82, 2.24) is 4.90 Å². The van der Waals surface area contributed by atoms with Crippen LogP contribution < -0.4 is 11.5 Å². The highest BCUT2D eigenvalue weighted by Gasteiger charge is 2.33. The molecule has 2 amide bonds. The Morgan fingerprint density at radius 1 is 1.43 bits per heavy atom. The van der Waals surface area contributed by atoms with Gasteiger partial charge in [0, 0.05) is 12.1 Å². The van der Waals surface area contributed by atoms with E-state index in [1.807, 2.05) is 0 Å². The zero-order valence-electron chi connectivity index (χ0n) is 11.4. The highest BCUT2D eigenvalue weighted by molar-refractivity contribution is 5.97. The Morgan fingerprint density at radius 3 is 2.81 bits per heavy atom. The van der Waals surface area contributed by atoms with Crippen molar-refractivity contribution in [3.8, 4) is 11.8 Å². The van der Waals surface area contributed by atoms with E-state index < -0.39 is 23.7 Å². The Bertz CT molecular complexity index is 634. The molecule has 1 heterocycles. The highest BCUT2D eigenvalue weighted by atomic mass is 19.1. The largest absolute Gasteiger partial charge is 0.368 e. The Labute approximate surface area is 122 Å². The number of halogens is 1. The minimum atomic E-state index is -0.614. The van der Waals surface area contributed by atoms with E-state index in [0.717, 1.165) is 6.07 Å². The van der Waals surface area contributed by atoms with Gasteiger partial charge in [-0.2, -0.15) is 0 Å². The molecule has 1 fully saturated rings. The van der Waals surface area contributed by atoms with Gasteiger partial charge in [-0.3, -0.25) is 9.59 Å². The number of hydrogen-bond acceptors (Lipinski definition) is 3. The first-order chi connectivity index (χ1) is 10.0. The fourth-order valence-electron chi connectivity index (χ4n) is 2.37. The van der Waals surface area contributed by atoms with Gasteiger partial charge in [0.05, 0.1) is 12.1 Å². The number of carbonyl (C=O) groups is 2. The van der Waals surface area contributed by atoms with Gasteiger partial charge in [-0.1, -0.05) is 11.8 Å². The molecule has 5 nitrogen and oxygen atoms in total. The summed E-state index contributed by atoms with van der Waals surface area (Å²) in [5, 5.41) is 0. The zero-order chi connectivity index (χ0) is 15.4. The quantitative estimate of drug-likeness (QED) is 0.764. The van der Waals surface area contributed by atoms with Crippen molar-refractivity contribution in [2.24, 2.45) is 11.5 Å². The van der Waals surface area contributed by atoms with Gasteiger partial charge in [-0.05, 0) is 31.0 Å². The normalized spacial score (nSPS) is 17.2. The molecule has 1 aliphatic rings. The van der Waals surface area contributed by atoms with Crippen molar-refractivity contribution in [3.63, 3.8) is 0 Å². The van der Waals surface area contributed by atoms with Crippen LogP contribution in [0.3, 0.4) is 0 Å². The second kappa shape index (κ2) is 6.37. The molecule has 1 saturated heterocycles. The van der Waals surface area contributed by atoms with Crippen molar-refractivity contribution in [2.45, 2.75) is 18.9 Å². The van der Waals surface area contributed by atoms with Crippen LogP contribution in [-0.4, -0.2) is 35.8 Å². The van der Waals surface area contributed by atoms with Gasteiger partial charge in [0.2, 0.25) is 5.91 Å². The van der Waals surface area contributed by atoms with Crippen LogP contribution in [0.25, 0.3) is 0 Å². The molecule has 1 aromatic rings. The number of hydrogen-bond donors (Lipinski definition) is 2. The molecular formula is C15H16FN3O2. The van der Waals surface area contributed by atoms with E-state index in [-0.39, 0.29) is 17.7 Å². The zero-order valence-corrected chi connectivity index (χ0v) is 11.4. The van der Waals surface area contributed by atoms with Crippen molar-refractivity contribution >= 4 is 11.8 Å². The van der Waals surface area contributed by atoms with Crippen LogP contribution in [0, 0.1) is 17.7 Å². The Hall–Kier alpha value is -2.39. The number of primary amides is 1. The summed E-state index contributed by atoms with van der Waals surface area (Å²) in [5.74, 6) is 3.62. The van der Waals surface area contributed by atoms with Crippen LogP contribution in [0.2, 0.25) is 0 Å². The number of benzene rings is 1. The SMILES string of the molecule is NCC#Cc1ccc(C(=O)N2CCCC2C(N)=O)cc1F. The fourth-order valence-corrected chi connectivity index (χ4v) is 2.37. The van der Waals surface area contributed by atoms with E-state index >= 15 is 0 Å². The van der Waals surface area contributed by atoms with Crippen LogP contribution in [-0.2, 0) is 4.79 Å². The Morgan fingerprint density at radius 2 is 2.19 bits per heavy atom. The number of carbonyl (C=O) groups excluding carboxylic acids is 2. The van der Waals surface area contributed by atoms with E-state index in [0.29, 0.717) is 19.4 Å². The third-order valence-electron chi connectivity index (χ3n) is 3.38. The highest BCUT2D eigenvalue weighted by Crippen LogP contribution is 2.21. The lowest BCUT2D eigenvalue weighted by molar-refractivity contribution is -0.121. The average molecular weight is 289 g/mol. The smallest absolute Gasteiger partial charge is 0.254 e. The minimum absolute atomic E-state index is 0.133. The third kappa shape index (κ3) is 3.20. The molecule has 2 rings (SSSR count). The molecular weight excluding hydrogens is 273 g/mol. The fraction of sp³-hybridized carbons (Fsp3) is 0.333. The number of nitrogens with two attached hydrogens (primary N) is 2. The molecule has 6 heteroatoms. The van der Waals surface area contributed by atoms with E-state index in [2.05, 4.69) is 11.8 Å². The van der Waals surface area contributed by atoms with Crippen LogP contribution in [0.1, 0.15) is 28.8 Å². The lowest BCUT2D eigenvalue weighted by Gasteiger charge is -2.22. The monoisotopic (exact) mass is 289 g/mol. The molecule has 0 radical (unpaired) electrons. The summed E-state index contributed by atoms with van der Waals surface area (Å²) >= 11 is 0. The summed E-state index contributed by atoms with van der Waals surface area (Å²) in [7, 11) is 0. The molecule has 1 unspecified atom stereocenters. The summed E-state index contributed by atoms with van der Waals surface area (Å²) in [6, 6.07) is 3.43. The van der Waals surface area contributed by atoms with Gasteiger partial charge in [0.1, 0.15) is 11.9 Å². The standard InChI is InChI=1S/C15H16FN3O2/c16-12-9-11(6-5-10(12)3-1-7-17)15(21)19-8-2-4-13(19)14(18)20/h5-6,9,13H,2,4,7-8,17H2,(H2,18,20). The van der Waals surface area contributed by atoms with Crippen molar-refractivity contribution in [2.75, 3.05) is 13.1 Å². The first-order valence-corrected chi connectivity index (χ1v) is 6.63. The van der Waals surface area contributed by atoms with Crippen molar-refractivity contribution in [3.05, 3.63) is 35.1 Å².